The predicted octanol–water partition coefficient (Wildman–Crippen LogP) is 3.28. The number of pyridine rings is 1. The molecule has 1 aromatic carbocycles. The summed E-state index contributed by atoms with van der Waals surface area (Å²) in [5, 5.41) is 13.2. The number of aryl methyl sites for hydroxylation is 1. The number of aromatic nitrogens is 6. The third-order valence-corrected chi connectivity index (χ3v) is 6.29. The normalized spacial score (nSPS) is 13.2. The maximum atomic E-state index is 14.8. The Morgan fingerprint density at radius 1 is 1.14 bits per heavy atom. The molecule has 0 fully saturated rings. The van der Waals surface area contributed by atoms with Crippen LogP contribution < -0.4 is 22.2 Å². The van der Waals surface area contributed by atoms with Gasteiger partial charge < -0.3 is 20.4 Å². The number of H-pyrrole nitrogens is 1. The number of nitrogen functional groups attached to an aromatic ring is 1. The van der Waals surface area contributed by atoms with E-state index in [-0.39, 0.29) is 23.1 Å². The maximum Gasteiger partial charge on any atom is 0.423 e. The van der Waals surface area contributed by atoms with Crippen LogP contribution in [0.5, 0.6) is 0 Å². The Balaban J connectivity index is 0.000000283. The summed E-state index contributed by atoms with van der Waals surface area (Å²) >= 11 is 0. The molecular weight excluding hydrogens is 574 g/mol. The van der Waals surface area contributed by atoms with Crippen molar-refractivity contribution in [3.63, 3.8) is 0 Å². The molecule has 3 aromatic heterocycles. The molecule has 4 N–H and O–H groups in total. The fraction of sp³-hybridized carbons (Fsp3) is 0.400. The second-order valence-corrected chi connectivity index (χ2v) is 9.20. The molecule has 0 amide bonds. The number of ether oxygens (including phenoxy) is 1. The van der Waals surface area contributed by atoms with Gasteiger partial charge in [-0.05, 0) is 42.8 Å². The zero-order valence-electron chi connectivity index (χ0n) is 21.9. The molecular formula is C25H26F6N8O3. The van der Waals surface area contributed by atoms with Crippen LogP contribution in [0.4, 0.5) is 32.0 Å². The molecule has 0 radical (unpaired) electrons. The quantitative estimate of drug-likeness (QED) is 0.206. The first-order chi connectivity index (χ1) is 20.0. The molecule has 1 aliphatic heterocycles. The zero-order chi connectivity index (χ0) is 30.4. The molecule has 4 heterocycles. The zero-order valence-corrected chi connectivity index (χ0v) is 21.9. The van der Waals surface area contributed by atoms with Crippen LogP contribution in [0.2, 0.25) is 0 Å². The molecule has 0 spiro atoms. The number of anilines is 1. The van der Waals surface area contributed by atoms with E-state index in [1.54, 1.807) is 28.1 Å². The minimum absolute atomic E-state index is 0.0140. The van der Waals surface area contributed by atoms with Gasteiger partial charge in [-0.3, -0.25) is 9.59 Å². The van der Waals surface area contributed by atoms with Gasteiger partial charge in [0.2, 0.25) is 0 Å². The smallest absolute Gasteiger partial charge is 0.397 e. The highest BCUT2D eigenvalue weighted by Gasteiger charge is 2.36. The van der Waals surface area contributed by atoms with Crippen LogP contribution in [0.15, 0.2) is 40.2 Å². The van der Waals surface area contributed by atoms with Crippen LogP contribution in [0.25, 0.3) is 22.2 Å². The Kier molecular flexibility index (Phi) is 9.62. The van der Waals surface area contributed by atoms with Gasteiger partial charge in [-0.2, -0.15) is 32.1 Å². The van der Waals surface area contributed by atoms with Crippen molar-refractivity contribution in [3.8, 4) is 11.4 Å². The fourth-order valence-electron chi connectivity index (χ4n) is 4.27. The largest absolute Gasteiger partial charge is 0.423 e. The van der Waals surface area contributed by atoms with Gasteiger partial charge >= 0.3 is 12.8 Å². The van der Waals surface area contributed by atoms with E-state index in [9.17, 15) is 35.9 Å². The van der Waals surface area contributed by atoms with Crippen LogP contribution in [0.3, 0.4) is 0 Å². The number of fused-ring (bicyclic) bond motifs is 2. The van der Waals surface area contributed by atoms with Crippen LogP contribution in [0, 0.1) is 5.82 Å². The topological polar surface area (TPSA) is 146 Å². The highest BCUT2D eigenvalue weighted by atomic mass is 19.4. The Labute approximate surface area is 233 Å². The van der Waals surface area contributed by atoms with E-state index < -0.39 is 35.4 Å². The summed E-state index contributed by atoms with van der Waals surface area (Å²) in [6.07, 6.45) is -0.559. The molecule has 0 aliphatic carbocycles. The molecule has 0 saturated heterocycles. The van der Waals surface area contributed by atoms with E-state index in [4.69, 9.17) is 5.73 Å². The molecule has 0 unspecified atom stereocenters. The number of rotatable bonds is 8. The second-order valence-electron chi connectivity index (χ2n) is 9.20. The SMILES string of the molecule is Nc1cn[nH]c(=O)c1C(F)(F)F.O=c1c2cc(F)c(-c3nc4n(n3)CCNC4)cc2ccn1CCCCCOC(F)F. The van der Waals surface area contributed by atoms with E-state index in [0.29, 0.717) is 50.1 Å². The monoisotopic (exact) mass is 600 g/mol. The number of nitrogens with zero attached hydrogens (tertiary/aromatic N) is 5. The molecule has 226 valence electrons. The van der Waals surface area contributed by atoms with Gasteiger partial charge in [0.05, 0.1) is 42.5 Å². The molecule has 11 nitrogen and oxygen atoms in total. The summed E-state index contributed by atoms with van der Waals surface area (Å²) < 4.78 is 82.1. The molecule has 4 aromatic rings. The highest BCUT2D eigenvalue weighted by molar-refractivity contribution is 5.86. The van der Waals surface area contributed by atoms with Crippen LogP contribution in [0.1, 0.15) is 30.7 Å². The molecule has 1 aliphatic rings. The van der Waals surface area contributed by atoms with E-state index in [1.807, 2.05) is 0 Å². The van der Waals surface area contributed by atoms with Crippen molar-refractivity contribution in [2.24, 2.45) is 0 Å². The standard InChI is InChI=1S/C20H22F3N5O2.C5H4F3N3O/c21-16-11-14-13(10-15(16)18-25-17-12-24-5-8-28(17)26-18)4-7-27(19(14)29)6-2-1-3-9-30-20(22)23;6-5(7,8)3-2(9)1-10-11-4(3)12/h4,7,10-11,20,24H,1-3,5-6,8-9,12H2;1H,(H3,9,11,12). The van der Waals surface area contributed by atoms with E-state index >= 15 is 0 Å². The van der Waals surface area contributed by atoms with Crippen molar-refractivity contribution in [2.45, 2.75) is 51.7 Å². The van der Waals surface area contributed by atoms with E-state index in [0.717, 1.165) is 18.6 Å². The third-order valence-electron chi connectivity index (χ3n) is 6.29. The third kappa shape index (κ3) is 7.33. The first kappa shape index (κ1) is 30.7. The Bertz CT molecular complexity index is 1630. The van der Waals surface area contributed by atoms with Crippen molar-refractivity contribution in [1.82, 2.24) is 34.8 Å². The molecule has 0 atom stereocenters. The van der Waals surface area contributed by atoms with Gasteiger partial charge in [0.25, 0.3) is 11.1 Å². The molecule has 42 heavy (non-hydrogen) atoms. The van der Waals surface area contributed by atoms with Gasteiger partial charge in [0, 0.05) is 19.3 Å². The average molecular weight is 601 g/mol. The van der Waals surface area contributed by atoms with Crippen LogP contribution in [-0.2, 0) is 30.5 Å². The number of nitrogens with two attached hydrogens (primary N) is 1. The van der Waals surface area contributed by atoms with Crippen molar-refractivity contribution in [2.75, 3.05) is 18.9 Å². The van der Waals surface area contributed by atoms with Gasteiger partial charge in [-0.1, -0.05) is 0 Å². The number of halogens is 6. The van der Waals surface area contributed by atoms with Crippen molar-refractivity contribution < 1.29 is 31.1 Å². The number of unbranched alkanes of at least 4 members (excludes halogenated alkanes) is 2. The van der Waals surface area contributed by atoms with Crippen molar-refractivity contribution in [1.29, 1.82) is 0 Å². The summed E-state index contributed by atoms with van der Waals surface area (Å²) in [6, 6.07) is 4.60. The number of benzene rings is 1. The lowest BCUT2D eigenvalue weighted by atomic mass is 10.1. The van der Waals surface area contributed by atoms with Crippen LogP contribution >= 0.6 is 0 Å². The molecule has 17 heteroatoms. The Morgan fingerprint density at radius 2 is 1.93 bits per heavy atom. The summed E-state index contributed by atoms with van der Waals surface area (Å²) in [5.74, 6) is 0.519. The lowest BCUT2D eigenvalue weighted by molar-refractivity contribution is -0.138. The highest BCUT2D eigenvalue weighted by Crippen LogP contribution is 2.29. The summed E-state index contributed by atoms with van der Waals surface area (Å²) in [6.45, 7) is -0.297. The average Bonchev–Trinajstić information content (AvgIpc) is 3.35. The summed E-state index contributed by atoms with van der Waals surface area (Å²) in [4.78, 5) is 27.7. The predicted molar refractivity (Wildman–Crippen MR) is 139 cm³/mol. The number of aromatic amines is 1. The van der Waals surface area contributed by atoms with Gasteiger partial charge in [-0.15, -0.1) is 0 Å². The fourth-order valence-corrected chi connectivity index (χ4v) is 4.27. The van der Waals surface area contributed by atoms with Crippen molar-refractivity contribution >= 4 is 16.5 Å². The minimum atomic E-state index is -4.74. The van der Waals surface area contributed by atoms with Gasteiger partial charge in [0.15, 0.2) is 5.82 Å². The lowest BCUT2D eigenvalue weighted by Crippen LogP contribution is -2.28. The summed E-state index contributed by atoms with van der Waals surface area (Å²) in [5.41, 5.74) is 1.47. The van der Waals surface area contributed by atoms with E-state index in [2.05, 4.69) is 25.2 Å². The molecule has 0 bridgehead atoms. The maximum absolute atomic E-state index is 14.8. The Hall–Kier alpha value is -4.25. The van der Waals surface area contributed by atoms with Gasteiger partial charge in [-0.25, -0.2) is 19.2 Å². The minimum Gasteiger partial charge on any atom is -0.397 e. The number of hydrogen-bond acceptors (Lipinski definition) is 8. The second kappa shape index (κ2) is 13.2. The first-order valence-corrected chi connectivity index (χ1v) is 12.7. The van der Waals surface area contributed by atoms with Crippen molar-refractivity contribution in [3.05, 3.63) is 68.5 Å². The molecule has 0 saturated carbocycles. The number of alkyl halides is 5. The first-order valence-electron chi connectivity index (χ1n) is 12.7. The molecule has 5 rings (SSSR count). The number of hydrogen-bond donors (Lipinski definition) is 3. The lowest BCUT2D eigenvalue weighted by Gasteiger charge is -2.11. The number of nitrogens with one attached hydrogen (secondary N) is 2. The Morgan fingerprint density at radius 3 is 2.60 bits per heavy atom. The van der Waals surface area contributed by atoms with Crippen LogP contribution in [-0.4, -0.2) is 49.3 Å². The van der Waals surface area contributed by atoms with E-state index in [1.165, 1.54) is 10.6 Å². The van der Waals surface area contributed by atoms with Gasteiger partial charge in [0.1, 0.15) is 17.2 Å². The summed E-state index contributed by atoms with van der Waals surface area (Å²) in [7, 11) is 0.